The Hall–Kier alpha value is -1.96. The van der Waals surface area contributed by atoms with Gasteiger partial charge in [0, 0.05) is 28.2 Å². The van der Waals surface area contributed by atoms with Gasteiger partial charge in [0.15, 0.2) is 0 Å². The number of hydrogen-bond donors (Lipinski definition) is 1. The molecule has 1 aliphatic rings. The molecule has 0 unspecified atom stereocenters. The molecular formula is C21H22BrN3O2S. The van der Waals surface area contributed by atoms with E-state index in [0.29, 0.717) is 11.5 Å². The molecule has 1 atom stereocenters. The van der Waals surface area contributed by atoms with Gasteiger partial charge in [0.2, 0.25) is 0 Å². The molecule has 1 aliphatic heterocycles. The highest BCUT2D eigenvalue weighted by Crippen LogP contribution is 2.45. The number of methoxy groups -OCH3 is 1. The Balaban J connectivity index is 1.94. The van der Waals surface area contributed by atoms with E-state index in [0.717, 1.165) is 49.3 Å². The molecule has 28 heavy (non-hydrogen) atoms. The van der Waals surface area contributed by atoms with Crippen molar-refractivity contribution in [3.8, 4) is 0 Å². The van der Waals surface area contributed by atoms with E-state index in [1.807, 2.05) is 43.0 Å². The number of amides is 1. The number of aromatic nitrogens is 1. The molecule has 0 saturated carbocycles. The number of aryl methyl sites for hydroxylation is 2. The topological polar surface area (TPSA) is 54.5 Å². The summed E-state index contributed by atoms with van der Waals surface area (Å²) in [7, 11) is 1.68. The number of nitrogens with one attached hydrogen (secondary N) is 1. The van der Waals surface area contributed by atoms with Crippen LogP contribution in [0.2, 0.25) is 0 Å². The summed E-state index contributed by atoms with van der Waals surface area (Å²) in [4.78, 5) is 21.7. The van der Waals surface area contributed by atoms with Gasteiger partial charge in [0.05, 0.1) is 18.0 Å². The van der Waals surface area contributed by atoms with Crippen LogP contribution in [0.3, 0.4) is 0 Å². The molecule has 5 nitrogen and oxygen atoms in total. The first kappa shape index (κ1) is 19.4. The number of thiophene rings is 1. The molecule has 0 radical (unpaired) electrons. The van der Waals surface area contributed by atoms with Crippen molar-refractivity contribution in [2.45, 2.75) is 40.0 Å². The number of fused-ring (bicyclic) bond motifs is 3. The van der Waals surface area contributed by atoms with Gasteiger partial charge in [-0.2, -0.15) is 0 Å². The van der Waals surface area contributed by atoms with Crippen LogP contribution in [0.1, 0.15) is 39.8 Å². The maximum atomic E-state index is 13.6. The maximum Gasteiger partial charge on any atom is 0.272 e. The Morgan fingerprint density at radius 1 is 1.32 bits per heavy atom. The molecule has 3 aromatic rings. The monoisotopic (exact) mass is 459 g/mol. The number of benzene rings is 1. The van der Waals surface area contributed by atoms with Crippen LogP contribution < -0.4 is 10.2 Å². The van der Waals surface area contributed by atoms with Gasteiger partial charge >= 0.3 is 0 Å². The molecule has 1 amide bonds. The summed E-state index contributed by atoms with van der Waals surface area (Å²) >= 11 is 5.11. The minimum Gasteiger partial charge on any atom is -0.380 e. The van der Waals surface area contributed by atoms with Gasteiger partial charge in [0.25, 0.3) is 5.91 Å². The summed E-state index contributed by atoms with van der Waals surface area (Å²) in [5, 5.41) is 4.60. The molecule has 4 rings (SSSR count). The number of nitrogens with zero attached hydrogens (tertiary/aromatic N) is 2. The average molecular weight is 460 g/mol. The predicted octanol–water partition coefficient (Wildman–Crippen LogP) is 5.63. The minimum absolute atomic E-state index is 0.0232. The van der Waals surface area contributed by atoms with Crippen molar-refractivity contribution in [3.63, 3.8) is 0 Å². The lowest BCUT2D eigenvalue weighted by Gasteiger charge is -2.37. The fraction of sp³-hybridized carbons (Fsp3) is 0.333. The molecule has 1 aromatic carbocycles. The zero-order chi connectivity index (χ0) is 20.0. The molecule has 0 fully saturated rings. The predicted molar refractivity (Wildman–Crippen MR) is 118 cm³/mol. The Morgan fingerprint density at radius 3 is 2.75 bits per heavy atom. The number of hydrogen-bond acceptors (Lipinski definition) is 5. The average Bonchev–Trinajstić information content (AvgIpc) is 3.04. The molecule has 0 spiro atoms. The van der Waals surface area contributed by atoms with E-state index in [2.05, 4.69) is 28.2 Å². The smallest absolute Gasteiger partial charge is 0.272 e. The molecule has 3 heterocycles. The van der Waals surface area contributed by atoms with E-state index < -0.39 is 0 Å². The standard InChI is InChI=1S/C21H22BrN3O2S/c1-5-15-24-18-16-13(10-27-4)17(22)12(3)23-20(16)28-19(18)21(26)25(15)14-9-7-6-8-11(14)2/h6-9,15,24H,5,10H2,1-4H3/t15-/m1/s1. The summed E-state index contributed by atoms with van der Waals surface area (Å²) in [6.45, 7) is 6.54. The van der Waals surface area contributed by atoms with Crippen LogP contribution >= 0.6 is 27.3 Å². The van der Waals surface area contributed by atoms with Crippen LogP contribution in [0.4, 0.5) is 11.4 Å². The van der Waals surface area contributed by atoms with Crippen molar-refractivity contribution in [3.05, 3.63) is 50.4 Å². The Bertz CT molecular complexity index is 1080. The number of ether oxygens (including phenoxy) is 1. The number of para-hydroxylation sites is 1. The third-order valence-electron chi connectivity index (χ3n) is 5.13. The summed E-state index contributed by atoms with van der Waals surface area (Å²) in [5.74, 6) is 0.0232. The van der Waals surface area contributed by atoms with Crippen molar-refractivity contribution in [2.24, 2.45) is 0 Å². The largest absolute Gasteiger partial charge is 0.380 e. The summed E-state index contributed by atoms with van der Waals surface area (Å²) in [6.07, 6.45) is 0.672. The van der Waals surface area contributed by atoms with Crippen LogP contribution in [0.5, 0.6) is 0 Å². The first-order chi connectivity index (χ1) is 13.5. The van der Waals surface area contributed by atoms with Crippen molar-refractivity contribution >= 4 is 54.8 Å². The number of carbonyl (C=O) groups is 1. The third-order valence-corrected chi connectivity index (χ3v) is 7.25. The van der Waals surface area contributed by atoms with E-state index in [-0.39, 0.29) is 12.1 Å². The lowest BCUT2D eigenvalue weighted by Crippen LogP contribution is -2.48. The second kappa shape index (κ2) is 7.46. The van der Waals surface area contributed by atoms with Crippen LogP contribution in [0.25, 0.3) is 10.2 Å². The maximum absolute atomic E-state index is 13.6. The van der Waals surface area contributed by atoms with Gasteiger partial charge < -0.3 is 10.1 Å². The van der Waals surface area contributed by atoms with Crippen molar-refractivity contribution in [1.82, 2.24) is 4.98 Å². The number of rotatable bonds is 4. The van der Waals surface area contributed by atoms with Gasteiger partial charge in [-0.1, -0.05) is 25.1 Å². The number of halogens is 1. The van der Waals surface area contributed by atoms with Gasteiger partial charge in [0.1, 0.15) is 15.9 Å². The van der Waals surface area contributed by atoms with E-state index in [9.17, 15) is 4.79 Å². The molecule has 7 heteroatoms. The third kappa shape index (κ3) is 2.93. The molecule has 0 aliphatic carbocycles. The summed E-state index contributed by atoms with van der Waals surface area (Å²) < 4.78 is 6.38. The summed E-state index contributed by atoms with van der Waals surface area (Å²) in [6, 6.07) is 8.01. The number of carbonyl (C=O) groups excluding carboxylic acids is 1. The van der Waals surface area contributed by atoms with Crippen LogP contribution in [0.15, 0.2) is 28.7 Å². The fourth-order valence-corrected chi connectivity index (χ4v) is 5.31. The van der Waals surface area contributed by atoms with Crippen molar-refractivity contribution < 1.29 is 9.53 Å². The lowest BCUT2D eigenvalue weighted by molar-refractivity contribution is 0.0978. The lowest BCUT2D eigenvalue weighted by atomic mass is 10.1. The molecule has 0 bridgehead atoms. The van der Waals surface area contributed by atoms with Crippen molar-refractivity contribution in [1.29, 1.82) is 0 Å². The second-order valence-corrected chi connectivity index (χ2v) is 8.73. The molecular weight excluding hydrogens is 438 g/mol. The van der Waals surface area contributed by atoms with Gasteiger partial charge in [-0.25, -0.2) is 4.98 Å². The Labute approximate surface area is 176 Å². The van der Waals surface area contributed by atoms with E-state index >= 15 is 0 Å². The first-order valence-electron chi connectivity index (χ1n) is 9.24. The van der Waals surface area contributed by atoms with E-state index in [1.54, 1.807) is 7.11 Å². The summed E-state index contributed by atoms with van der Waals surface area (Å²) in [5.41, 5.74) is 4.83. The van der Waals surface area contributed by atoms with Crippen LogP contribution in [0, 0.1) is 13.8 Å². The van der Waals surface area contributed by atoms with Crippen LogP contribution in [-0.4, -0.2) is 24.2 Å². The number of anilines is 2. The zero-order valence-electron chi connectivity index (χ0n) is 16.3. The molecule has 146 valence electrons. The first-order valence-corrected chi connectivity index (χ1v) is 10.8. The van der Waals surface area contributed by atoms with E-state index in [1.165, 1.54) is 11.3 Å². The highest BCUT2D eigenvalue weighted by atomic mass is 79.9. The van der Waals surface area contributed by atoms with Crippen LogP contribution in [-0.2, 0) is 11.3 Å². The molecule has 1 N–H and O–H groups in total. The highest BCUT2D eigenvalue weighted by Gasteiger charge is 2.36. The van der Waals surface area contributed by atoms with Crippen molar-refractivity contribution in [2.75, 3.05) is 17.3 Å². The van der Waals surface area contributed by atoms with Gasteiger partial charge in [-0.05, 0) is 47.8 Å². The molecule has 2 aromatic heterocycles. The van der Waals surface area contributed by atoms with Gasteiger partial charge in [-0.15, -0.1) is 11.3 Å². The second-order valence-electron chi connectivity index (χ2n) is 6.94. The highest BCUT2D eigenvalue weighted by molar-refractivity contribution is 9.10. The fourth-order valence-electron chi connectivity index (χ4n) is 3.75. The SMILES string of the molecule is CC[C@@H]1Nc2c(sc3nc(C)c(Br)c(COC)c23)C(=O)N1c1ccccc1C. The van der Waals surface area contributed by atoms with E-state index in [4.69, 9.17) is 9.72 Å². The molecule has 0 saturated heterocycles. The Kier molecular flexibility index (Phi) is 5.16. The zero-order valence-corrected chi connectivity index (χ0v) is 18.7. The van der Waals surface area contributed by atoms with Gasteiger partial charge in [-0.3, -0.25) is 9.69 Å². The minimum atomic E-state index is -0.116. The Morgan fingerprint density at radius 2 is 2.07 bits per heavy atom. The normalized spacial score (nSPS) is 16.4. The quantitative estimate of drug-likeness (QED) is 0.548. The number of pyridine rings is 1.